The second kappa shape index (κ2) is 7.75. The standard InChI is InChI=1S/C20H31N5O6/c1-11-4-5-14-12(2)17(27-9-8-25-10-15(23-24-25)16(26)22-21)28-18-20(14)13(11)6-7-19(3,29-18)30-31-20/h10-14,17-18H,4-9,21H2,1-3H3,(H,22,26)/t11-,12-,13+,14?,17+,18-,19+,20?/m1/s1. The normalized spacial score (nSPS) is 43.9. The van der Waals surface area contributed by atoms with Gasteiger partial charge in [0.2, 0.25) is 5.79 Å². The highest BCUT2D eigenvalue weighted by Crippen LogP contribution is 2.60. The minimum atomic E-state index is -0.802. The second-order valence-corrected chi connectivity index (χ2v) is 9.48. The van der Waals surface area contributed by atoms with E-state index in [1.807, 2.05) is 12.3 Å². The lowest BCUT2D eigenvalue weighted by Gasteiger charge is -2.60. The van der Waals surface area contributed by atoms with Crippen molar-refractivity contribution < 1.29 is 28.8 Å². The number of nitrogens with two attached hydrogens (primary N) is 1. The molecular formula is C20H31N5O6. The van der Waals surface area contributed by atoms with Gasteiger partial charge in [0, 0.05) is 18.3 Å². The van der Waals surface area contributed by atoms with Crippen molar-refractivity contribution in [2.75, 3.05) is 6.61 Å². The SMILES string of the molecule is C[C@@H]1CCC2[C@@H](C)[C@@H](OCCn3cc(C(=O)NN)nn3)O[C@@H]3O[C@]4(C)CC[C@@H]1C23OO4. The highest BCUT2D eigenvalue weighted by Gasteiger charge is 2.69. The van der Waals surface area contributed by atoms with E-state index in [9.17, 15) is 4.79 Å². The van der Waals surface area contributed by atoms with Gasteiger partial charge < -0.3 is 14.2 Å². The Labute approximate surface area is 180 Å². The first-order valence-electron chi connectivity index (χ1n) is 11.1. The highest BCUT2D eigenvalue weighted by atomic mass is 17.3. The lowest BCUT2D eigenvalue weighted by molar-refractivity contribution is -0.577. The van der Waals surface area contributed by atoms with E-state index in [0.29, 0.717) is 25.0 Å². The Morgan fingerprint density at radius 3 is 2.97 bits per heavy atom. The number of ether oxygens (including phenoxy) is 3. The van der Waals surface area contributed by atoms with Crippen LogP contribution in [0.5, 0.6) is 0 Å². The molecule has 1 aromatic heterocycles. The number of aromatic nitrogens is 3. The van der Waals surface area contributed by atoms with E-state index in [1.54, 1.807) is 4.68 Å². The Morgan fingerprint density at radius 1 is 1.32 bits per heavy atom. The average molecular weight is 437 g/mol. The van der Waals surface area contributed by atoms with Gasteiger partial charge in [-0.15, -0.1) is 5.10 Å². The molecule has 1 aromatic rings. The third-order valence-corrected chi connectivity index (χ3v) is 7.60. The maximum Gasteiger partial charge on any atom is 0.287 e. The Bertz CT molecular complexity index is 837. The average Bonchev–Trinajstić information content (AvgIpc) is 3.11. The van der Waals surface area contributed by atoms with Gasteiger partial charge in [-0.3, -0.25) is 10.2 Å². The molecule has 11 heteroatoms. The van der Waals surface area contributed by atoms with Gasteiger partial charge in [-0.25, -0.2) is 20.3 Å². The molecule has 1 amide bonds. The summed E-state index contributed by atoms with van der Waals surface area (Å²) in [6, 6.07) is 0. The Hall–Kier alpha value is -1.63. The van der Waals surface area contributed by atoms with Gasteiger partial charge in [0.25, 0.3) is 5.91 Å². The maximum atomic E-state index is 11.5. The molecule has 2 unspecified atom stereocenters. The number of carbonyl (C=O) groups excluding carboxylic acids is 1. The van der Waals surface area contributed by atoms with Crippen LogP contribution in [0.4, 0.5) is 0 Å². The zero-order valence-corrected chi connectivity index (χ0v) is 18.2. The molecule has 8 atom stereocenters. The quantitative estimate of drug-likeness (QED) is 0.301. The summed E-state index contributed by atoms with van der Waals surface area (Å²) in [6.07, 6.45) is 4.50. The topological polar surface area (TPSA) is 132 Å². The molecule has 4 saturated heterocycles. The fourth-order valence-corrected chi connectivity index (χ4v) is 5.91. The Morgan fingerprint density at radius 2 is 2.16 bits per heavy atom. The molecule has 0 aromatic carbocycles. The fourth-order valence-electron chi connectivity index (χ4n) is 5.91. The van der Waals surface area contributed by atoms with Gasteiger partial charge in [-0.2, -0.15) is 0 Å². The summed E-state index contributed by atoms with van der Waals surface area (Å²) in [4.78, 5) is 23.5. The third-order valence-electron chi connectivity index (χ3n) is 7.60. The van der Waals surface area contributed by atoms with E-state index in [4.69, 9.17) is 29.8 Å². The maximum absolute atomic E-state index is 11.5. The number of hydrazine groups is 1. The Kier molecular flexibility index (Phi) is 5.31. The van der Waals surface area contributed by atoms with Crippen LogP contribution < -0.4 is 11.3 Å². The summed E-state index contributed by atoms with van der Waals surface area (Å²) in [5.41, 5.74) is 1.60. The summed E-state index contributed by atoms with van der Waals surface area (Å²) < 4.78 is 20.4. The molecule has 31 heavy (non-hydrogen) atoms. The molecule has 5 fully saturated rings. The first-order valence-corrected chi connectivity index (χ1v) is 11.1. The molecule has 6 rings (SSSR count). The van der Waals surface area contributed by atoms with Gasteiger partial charge in [0.05, 0.1) is 19.3 Å². The van der Waals surface area contributed by atoms with E-state index >= 15 is 0 Å². The van der Waals surface area contributed by atoms with Crippen LogP contribution in [0.1, 0.15) is 56.9 Å². The molecule has 172 valence electrons. The number of nitrogens with one attached hydrogen (secondary N) is 1. The van der Waals surface area contributed by atoms with Gasteiger partial charge >= 0.3 is 0 Å². The number of nitrogens with zero attached hydrogens (tertiary/aromatic N) is 3. The minimum absolute atomic E-state index is 0.107. The van der Waals surface area contributed by atoms with Gasteiger partial charge in [-0.1, -0.05) is 19.1 Å². The number of rotatable bonds is 5. The number of fused-ring (bicyclic) bond motifs is 2. The first-order chi connectivity index (χ1) is 14.9. The van der Waals surface area contributed by atoms with Crippen molar-refractivity contribution in [2.45, 2.75) is 77.0 Å². The predicted octanol–water partition coefficient (Wildman–Crippen LogP) is 1.11. The number of amides is 1. The van der Waals surface area contributed by atoms with Crippen LogP contribution in [0.25, 0.3) is 0 Å². The fraction of sp³-hybridized carbons (Fsp3) is 0.850. The zero-order chi connectivity index (χ0) is 21.8. The monoisotopic (exact) mass is 437 g/mol. The zero-order valence-electron chi connectivity index (χ0n) is 18.2. The van der Waals surface area contributed by atoms with Crippen LogP contribution in [0.3, 0.4) is 0 Å². The molecule has 5 heterocycles. The summed E-state index contributed by atoms with van der Waals surface area (Å²) in [5, 5.41) is 7.73. The molecule has 3 N–H and O–H groups in total. The number of hydrogen-bond acceptors (Lipinski definition) is 9. The van der Waals surface area contributed by atoms with Gasteiger partial charge in [-0.05, 0) is 38.0 Å². The minimum Gasteiger partial charge on any atom is -0.350 e. The van der Waals surface area contributed by atoms with E-state index in [1.165, 1.54) is 6.20 Å². The van der Waals surface area contributed by atoms with Crippen LogP contribution in [0, 0.1) is 23.7 Å². The first kappa shape index (κ1) is 21.2. The van der Waals surface area contributed by atoms with Crippen molar-refractivity contribution in [1.29, 1.82) is 0 Å². The lowest BCUT2D eigenvalue weighted by atomic mass is 9.58. The number of carbonyl (C=O) groups is 1. The molecule has 5 aliphatic rings. The van der Waals surface area contributed by atoms with E-state index in [-0.39, 0.29) is 17.5 Å². The number of hydrogen-bond donors (Lipinski definition) is 2. The van der Waals surface area contributed by atoms with E-state index < -0.39 is 29.9 Å². The molecule has 2 bridgehead atoms. The number of nitrogen functional groups attached to an aromatic ring is 1. The highest BCUT2D eigenvalue weighted by molar-refractivity contribution is 5.91. The van der Waals surface area contributed by atoms with Crippen molar-refractivity contribution in [3.05, 3.63) is 11.9 Å². The second-order valence-electron chi connectivity index (χ2n) is 9.48. The predicted molar refractivity (Wildman–Crippen MR) is 104 cm³/mol. The molecule has 0 radical (unpaired) electrons. The van der Waals surface area contributed by atoms with Gasteiger partial charge in [0.15, 0.2) is 23.9 Å². The van der Waals surface area contributed by atoms with Gasteiger partial charge in [0.1, 0.15) is 0 Å². The molecule has 1 aliphatic carbocycles. The van der Waals surface area contributed by atoms with Crippen LogP contribution in [-0.4, -0.2) is 51.5 Å². The summed E-state index contributed by atoms with van der Waals surface area (Å²) >= 11 is 0. The van der Waals surface area contributed by atoms with Crippen LogP contribution in [0.15, 0.2) is 6.20 Å². The van der Waals surface area contributed by atoms with Crippen molar-refractivity contribution in [2.24, 2.45) is 29.5 Å². The lowest BCUT2D eigenvalue weighted by Crippen LogP contribution is -2.70. The molecule has 4 aliphatic heterocycles. The van der Waals surface area contributed by atoms with Crippen molar-refractivity contribution >= 4 is 5.91 Å². The largest absolute Gasteiger partial charge is 0.350 e. The van der Waals surface area contributed by atoms with Crippen LogP contribution in [0.2, 0.25) is 0 Å². The van der Waals surface area contributed by atoms with E-state index in [2.05, 4.69) is 24.2 Å². The van der Waals surface area contributed by atoms with Crippen LogP contribution in [-0.2, 0) is 30.5 Å². The van der Waals surface area contributed by atoms with E-state index in [0.717, 1.165) is 25.7 Å². The molecule has 1 spiro atoms. The molecule has 1 saturated carbocycles. The van der Waals surface area contributed by atoms with Crippen molar-refractivity contribution in [3.63, 3.8) is 0 Å². The Balaban J connectivity index is 1.29. The van der Waals surface area contributed by atoms with Crippen LogP contribution >= 0.6 is 0 Å². The summed E-state index contributed by atoms with van der Waals surface area (Å²) in [7, 11) is 0. The third kappa shape index (κ3) is 3.38. The summed E-state index contributed by atoms with van der Waals surface area (Å²) in [5.74, 6) is 5.00. The summed E-state index contributed by atoms with van der Waals surface area (Å²) in [6.45, 7) is 7.13. The van der Waals surface area contributed by atoms with Crippen molar-refractivity contribution in [1.82, 2.24) is 20.4 Å². The molecular weight excluding hydrogens is 406 g/mol. The molecule has 11 nitrogen and oxygen atoms in total. The van der Waals surface area contributed by atoms with Crippen molar-refractivity contribution in [3.8, 4) is 0 Å². The smallest absolute Gasteiger partial charge is 0.287 e.